The summed E-state index contributed by atoms with van der Waals surface area (Å²) in [5, 5.41) is 10.6. The third kappa shape index (κ3) is 6.57. The minimum Gasteiger partial charge on any atom is -0.456 e. The third-order valence-electron chi connectivity index (χ3n) is 17.9. The van der Waals surface area contributed by atoms with Crippen LogP contribution in [0, 0.1) is 11.6 Å². The molecule has 12 aromatic carbocycles. The highest BCUT2D eigenvalue weighted by Gasteiger charge is 2.39. The second kappa shape index (κ2) is 16.3. The van der Waals surface area contributed by atoms with Gasteiger partial charge >= 0.3 is 0 Å². The van der Waals surface area contributed by atoms with Gasteiger partial charge in [0.15, 0.2) is 0 Å². The first-order chi connectivity index (χ1) is 39.4. The zero-order valence-corrected chi connectivity index (χ0v) is 44.7. The molecule has 0 atom stereocenters. The smallest absolute Gasteiger partial charge is 0.137 e. The second-order valence-electron chi connectivity index (χ2n) is 23.1. The van der Waals surface area contributed by atoms with Crippen molar-refractivity contribution in [2.24, 2.45) is 0 Å². The summed E-state index contributed by atoms with van der Waals surface area (Å²) in [6.07, 6.45) is 0. The van der Waals surface area contributed by atoms with Crippen LogP contribution in [-0.4, -0.2) is 0 Å². The molecular formula is C74H48F2N2O3. The predicted octanol–water partition coefficient (Wildman–Crippen LogP) is 21.5. The van der Waals surface area contributed by atoms with Crippen molar-refractivity contribution in [3.05, 3.63) is 252 Å². The molecule has 0 spiro atoms. The lowest BCUT2D eigenvalue weighted by Crippen LogP contribution is -2.16. The van der Waals surface area contributed by atoms with E-state index in [0.29, 0.717) is 0 Å². The Morgan fingerprint density at radius 1 is 0.284 bits per heavy atom. The highest BCUT2D eigenvalue weighted by Crippen LogP contribution is 2.55. The van der Waals surface area contributed by atoms with Crippen LogP contribution in [0.2, 0.25) is 0 Å². The highest BCUT2D eigenvalue weighted by atomic mass is 19.1. The molecule has 2 aliphatic carbocycles. The molecular weight excluding hydrogens is 1000 g/mol. The van der Waals surface area contributed by atoms with E-state index in [4.69, 9.17) is 13.3 Å². The minimum absolute atomic E-state index is 0.246. The molecule has 3 aromatic heterocycles. The summed E-state index contributed by atoms with van der Waals surface area (Å²) >= 11 is 0. The van der Waals surface area contributed by atoms with Gasteiger partial charge < -0.3 is 23.1 Å². The summed E-state index contributed by atoms with van der Waals surface area (Å²) in [5.41, 5.74) is 19.4. The molecule has 7 heteroatoms. The molecule has 0 saturated carbocycles. The van der Waals surface area contributed by atoms with E-state index in [2.05, 4.69) is 207 Å². The van der Waals surface area contributed by atoms with E-state index in [1.807, 2.05) is 24.3 Å². The van der Waals surface area contributed by atoms with Crippen LogP contribution >= 0.6 is 0 Å². The summed E-state index contributed by atoms with van der Waals surface area (Å²) in [6.45, 7) is 9.21. The lowest BCUT2D eigenvalue weighted by molar-refractivity contribution is 0.627. The van der Waals surface area contributed by atoms with Crippen molar-refractivity contribution in [2.75, 3.05) is 9.80 Å². The van der Waals surface area contributed by atoms with Gasteiger partial charge in [-0.05, 0) is 187 Å². The first-order valence-electron chi connectivity index (χ1n) is 27.6. The summed E-state index contributed by atoms with van der Waals surface area (Å²) in [4.78, 5) is 4.36. The van der Waals surface area contributed by atoms with Crippen molar-refractivity contribution in [3.63, 3.8) is 0 Å². The molecule has 0 radical (unpaired) electrons. The van der Waals surface area contributed by atoms with Gasteiger partial charge in [-0.1, -0.05) is 113 Å². The zero-order chi connectivity index (χ0) is 54.2. The first kappa shape index (κ1) is 46.0. The normalized spacial score (nSPS) is 14.0. The highest BCUT2D eigenvalue weighted by molar-refractivity contribution is 6.19. The third-order valence-corrected chi connectivity index (χ3v) is 17.9. The summed E-state index contributed by atoms with van der Waals surface area (Å²) in [5.74, 6) is -0.588. The number of hydrogen-bond donors (Lipinski definition) is 0. The number of furan rings is 3. The van der Waals surface area contributed by atoms with Gasteiger partial charge in [-0.2, -0.15) is 0 Å². The molecule has 0 unspecified atom stereocenters. The Labute approximate surface area is 464 Å². The topological polar surface area (TPSA) is 45.9 Å². The van der Waals surface area contributed by atoms with Crippen LogP contribution in [0.1, 0.15) is 49.9 Å². The molecule has 0 saturated heterocycles. The maximum atomic E-state index is 14.6. The summed E-state index contributed by atoms with van der Waals surface area (Å²) in [7, 11) is 0. The number of rotatable bonds is 6. The number of halogens is 2. The van der Waals surface area contributed by atoms with Crippen LogP contribution in [0.25, 0.3) is 110 Å². The van der Waals surface area contributed by atoms with Crippen molar-refractivity contribution < 1.29 is 22.0 Å². The lowest BCUT2D eigenvalue weighted by Gasteiger charge is -2.28. The molecule has 3 heterocycles. The number of benzene rings is 12. The number of nitrogens with zero attached hydrogens (tertiary/aromatic N) is 2. The zero-order valence-electron chi connectivity index (χ0n) is 44.7. The molecule has 81 heavy (non-hydrogen) atoms. The molecule has 0 N–H and O–H groups in total. The van der Waals surface area contributed by atoms with Crippen LogP contribution in [0.15, 0.2) is 232 Å². The SMILES string of the molecule is CC1(C)c2cc(N(c3ccc(F)cc3)c3ccc4c(c3)oc3cc5c(cc34)oc3cc4c(cc35)oc3cc(N(c5ccc(F)cc5)c5ccc6c(c5)C(C)(C)c5ccc7ccccc7c5-6)ccc34)ccc2-c2c1ccc1ccccc21. The van der Waals surface area contributed by atoms with Gasteiger partial charge in [0.05, 0.1) is 0 Å². The van der Waals surface area contributed by atoms with E-state index in [1.165, 1.54) is 90.3 Å². The minimum atomic E-state index is -0.294. The van der Waals surface area contributed by atoms with E-state index in [-0.39, 0.29) is 22.5 Å². The lowest BCUT2D eigenvalue weighted by atomic mass is 9.82. The van der Waals surface area contributed by atoms with Crippen molar-refractivity contribution in [1.82, 2.24) is 0 Å². The van der Waals surface area contributed by atoms with Gasteiger partial charge in [-0.15, -0.1) is 0 Å². The van der Waals surface area contributed by atoms with Crippen LogP contribution in [0.5, 0.6) is 0 Å². The van der Waals surface area contributed by atoms with Crippen LogP contribution in [0.4, 0.5) is 42.9 Å². The van der Waals surface area contributed by atoms with E-state index < -0.39 is 0 Å². The van der Waals surface area contributed by atoms with Gasteiger partial charge in [0.2, 0.25) is 0 Å². The van der Waals surface area contributed by atoms with Crippen molar-refractivity contribution in [1.29, 1.82) is 0 Å². The molecule has 5 nitrogen and oxygen atoms in total. The van der Waals surface area contributed by atoms with E-state index >= 15 is 0 Å². The Hall–Kier alpha value is -9.98. The fourth-order valence-corrected chi connectivity index (χ4v) is 13.9. The molecule has 0 aliphatic heterocycles. The van der Waals surface area contributed by atoms with Gasteiger partial charge in [0.25, 0.3) is 0 Å². The average Bonchev–Trinajstić information content (AvgIpc) is 3.20. The maximum absolute atomic E-state index is 14.6. The molecule has 15 aromatic rings. The molecule has 2 aliphatic rings. The standard InChI is InChI=1S/C74H48F2N2O3/c1-73(2)61-31-13-41-9-5-7-11-51(41)71(61)55-29-25-47(33-63(55)73)77(45-19-15-43(75)16-20-45)49-23-27-53-57-37-69-59(39-67(57)79-65(53)35-49)60-40-68-58(38-70(60)81-69)54-28-24-50(36-66(54)80-68)78(46-21-17-44(76)18-22-46)48-26-30-56-64(34-48)74(3,4)62-32-14-42-10-6-8-12-52(42)72(56)62/h5-40H,1-4H3. The fraction of sp³-hybridized carbons (Fsp3) is 0.0811. The Balaban J connectivity index is 0.748. The Morgan fingerprint density at radius 2 is 0.617 bits per heavy atom. The van der Waals surface area contributed by atoms with E-state index in [1.54, 1.807) is 0 Å². The van der Waals surface area contributed by atoms with Crippen LogP contribution in [-0.2, 0) is 10.8 Å². The Morgan fingerprint density at radius 3 is 1.02 bits per heavy atom. The molecule has 0 amide bonds. The molecule has 386 valence electrons. The molecule has 0 bridgehead atoms. The molecule has 0 fully saturated rings. The average molecular weight is 1050 g/mol. The van der Waals surface area contributed by atoms with Crippen molar-refractivity contribution in [3.8, 4) is 22.3 Å². The number of fused-ring (bicyclic) bond motifs is 19. The second-order valence-corrected chi connectivity index (χ2v) is 23.1. The predicted molar refractivity (Wildman–Crippen MR) is 328 cm³/mol. The van der Waals surface area contributed by atoms with Gasteiger partial charge in [-0.3, -0.25) is 0 Å². The van der Waals surface area contributed by atoms with Gasteiger partial charge in [0.1, 0.15) is 45.1 Å². The number of hydrogen-bond acceptors (Lipinski definition) is 5. The summed E-state index contributed by atoms with van der Waals surface area (Å²) in [6, 6.07) is 73.9. The van der Waals surface area contributed by atoms with E-state index in [9.17, 15) is 8.78 Å². The van der Waals surface area contributed by atoms with Gasteiger partial charge in [0, 0.05) is 89.4 Å². The van der Waals surface area contributed by atoms with Crippen LogP contribution in [0.3, 0.4) is 0 Å². The summed E-state index contributed by atoms with van der Waals surface area (Å²) < 4.78 is 49.4. The Kier molecular flexibility index (Phi) is 9.26. The maximum Gasteiger partial charge on any atom is 0.137 e. The van der Waals surface area contributed by atoms with Crippen molar-refractivity contribution >= 4 is 121 Å². The molecule has 17 rings (SSSR count). The van der Waals surface area contributed by atoms with Crippen LogP contribution < -0.4 is 9.80 Å². The largest absolute Gasteiger partial charge is 0.456 e. The Bertz CT molecular complexity index is 4890. The van der Waals surface area contributed by atoms with Gasteiger partial charge in [-0.25, -0.2) is 8.78 Å². The van der Waals surface area contributed by atoms with E-state index in [0.717, 1.165) is 99.9 Å². The monoisotopic (exact) mass is 1050 g/mol. The van der Waals surface area contributed by atoms with Crippen molar-refractivity contribution in [2.45, 2.75) is 38.5 Å². The number of anilines is 6. The fourth-order valence-electron chi connectivity index (χ4n) is 13.9. The quantitative estimate of drug-likeness (QED) is 0.166. The first-order valence-corrected chi connectivity index (χ1v) is 27.6.